The van der Waals surface area contributed by atoms with E-state index in [2.05, 4.69) is 10.6 Å². The van der Waals surface area contributed by atoms with Gasteiger partial charge >= 0.3 is 0 Å². The summed E-state index contributed by atoms with van der Waals surface area (Å²) in [5.74, 6) is -4.27. The van der Waals surface area contributed by atoms with Crippen molar-refractivity contribution in [1.29, 1.82) is 0 Å². The molecule has 2 N–H and O–H groups in total. The molecule has 0 spiro atoms. The van der Waals surface area contributed by atoms with Crippen molar-refractivity contribution >= 4 is 40.9 Å². The van der Waals surface area contributed by atoms with Crippen LogP contribution >= 0.6 is 0 Å². The third-order valence-corrected chi connectivity index (χ3v) is 12.5. The number of ketones is 4. The maximum absolute atomic E-state index is 14.9. The molecule has 296 valence electrons. The van der Waals surface area contributed by atoms with Crippen LogP contribution in [0.5, 0.6) is 0 Å². The van der Waals surface area contributed by atoms with Crippen molar-refractivity contribution in [3.8, 4) is 0 Å². The summed E-state index contributed by atoms with van der Waals surface area (Å²) in [5.41, 5.74) is 0.122. The van der Waals surface area contributed by atoms with Gasteiger partial charge in [0.1, 0.15) is 6.04 Å². The highest BCUT2D eigenvalue weighted by Crippen LogP contribution is 2.42. The molecule has 6 atom stereocenters. The molecule has 4 aliphatic rings. The molecule has 54 heavy (non-hydrogen) atoms. The number of carbonyl (C=O) groups is 7. The molecule has 4 fully saturated rings. The van der Waals surface area contributed by atoms with Crippen LogP contribution < -0.4 is 10.6 Å². The molecular formula is C44H63N3O7. The molecule has 0 bridgehead atoms. The fourth-order valence-electron chi connectivity index (χ4n) is 9.26. The molecule has 3 saturated carbocycles. The predicted molar refractivity (Wildman–Crippen MR) is 206 cm³/mol. The first-order valence-electron chi connectivity index (χ1n) is 20.9. The summed E-state index contributed by atoms with van der Waals surface area (Å²) >= 11 is 0. The Morgan fingerprint density at radius 1 is 0.815 bits per heavy atom. The van der Waals surface area contributed by atoms with Crippen molar-refractivity contribution in [3.05, 3.63) is 35.9 Å². The Kier molecular flexibility index (Phi) is 14.4. The van der Waals surface area contributed by atoms with E-state index in [0.717, 1.165) is 76.2 Å². The number of benzene rings is 1. The van der Waals surface area contributed by atoms with E-state index in [9.17, 15) is 33.6 Å². The molecule has 10 heteroatoms. The van der Waals surface area contributed by atoms with E-state index in [1.54, 1.807) is 4.90 Å². The van der Waals surface area contributed by atoms with Crippen molar-refractivity contribution in [2.45, 2.75) is 162 Å². The van der Waals surface area contributed by atoms with E-state index in [0.29, 0.717) is 19.3 Å². The zero-order valence-corrected chi connectivity index (χ0v) is 33.0. The van der Waals surface area contributed by atoms with E-state index >= 15 is 0 Å². The summed E-state index contributed by atoms with van der Waals surface area (Å²) < 4.78 is 0. The summed E-state index contributed by atoms with van der Waals surface area (Å²) in [6.07, 6.45) is 11.5. The summed E-state index contributed by atoms with van der Waals surface area (Å²) in [6, 6.07) is 7.45. The number of amides is 3. The summed E-state index contributed by atoms with van der Waals surface area (Å²) in [6.45, 7) is 7.81. The number of likely N-dealkylation sites (tertiary alicyclic amines) is 1. The third kappa shape index (κ3) is 10.7. The zero-order chi connectivity index (χ0) is 39.0. The topological polar surface area (TPSA) is 147 Å². The molecule has 1 saturated heterocycles. The molecule has 0 aromatic heterocycles. The van der Waals surface area contributed by atoms with Gasteiger partial charge in [-0.05, 0) is 80.1 Å². The number of hydrogen-bond acceptors (Lipinski definition) is 7. The van der Waals surface area contributed by atoms with Gasteiger partial charge in [0.25, 0.3) is 5.91 Å². The first kappa shape index (κ1) is 41.5. The second-order valence-corrected chi connectivity index (χ2v) is 17.8. The lowest BCUT2D eigenvalue weighted by molar-refractivity contribution is -0.148. The van der Waals surface area contributed by atoms with E-state index in [1.165, 1.54) is 0 Å². The highest BCUT2D eigenvalue weighted by Gasteiger charge is 2.51. The monoisotopic (exact) mass is 745 g/mol. The van der Waals surface area contributed by atoms with Gasteiger partial charge in [-0.25, -0.2) is 0 Å². The lowest BCUT2D eigenvalue weighted by Gasteiger charge is -2.40. The average molecular weight is 746 g/mol. The van der Waals surface area contributed by atoms with Crippen molar-refractivity contribution < 1.29 is 33.6 Å². The third-order valence-electron chi connectivity index (χ3n) is 12.5. The number of fused-ring (bicyclic) bond motifs is 1. The summed E-state index contributed by atoms with van der Waals surface area (Å²) in [7, 11) is 0. The normalized spacial score (nSPS) is 23.4. The van der Waals surface area contributed by atoms with E-state index in [1.807, 2.05) is 58.0 Å². The molecule has 1 heterocycles. The minimum atomic E-state index is -0.984. The SMILES string of the molecule is CCC[C@H](CC(=O)[C@@H]1C[C@@H]2CCCC[C@@H]2N1C(=O)[C@@H](NC(=O)[C@@H](CC(=O)C(=O)NCc1ccccc1)C1CCCCC1)C(C)(C)C)C(=O)C(=O)CC1CC1. The number of nitrogens with one attached hydrogen (secondary N) is 2. The maximum Gasteiger partial charge on any atom is 0.287 e. The molecule has 5 rings (SSSR count). The molecule has 0 unspecified atom stereocenters. The number of nitrogens with zero attached hydrogens (tertiary/aromatic N) is 1. The predicted octanol–water partition coefficient (Wildman–Crippen LogP) is 6.46. The summed E-state index contributed by atoms with van der Waals surface area (Å²) in [5, 5.41) is 5.78. The molecule has 1 aromatic carbocycles. The highest BCUT2D eigenvalue weighted by molar-refractivity contribution is 6.38. The van der Waals surface area contributed by atoms with Crippen LogP contribution in [0.1, 0.15) is 142 Å². The van der Waals surface area contributed by atoms with Crippen molar-refractivity contribution in [2.24, 2.45) is 35.0 Å². The Labute approximate surface area is 321 Å². The Bertz CT molecular complexity index is 1520. The summed E-state index contributed by atoms with van der Waals surface area (Å²) in [4.78, 5) is 97.8. The Morgan fingerprint density at radius 2 is 1.48 bits per heavy atom. The second-order valence-electron chi connectivity index (χ2n) is 17.8. The fourth-order valence-corrected chi connectivity index (χ4v) is 9.26. The first-order valence-corrected chi connectivity index (χ1v) is 20.9. The maximum atomic E-state index is 14.9. The van der Waals surface area contributed by atoms with Crippen molar-refractivity contribution in [2.75, 3.05) is 0 Å². The van der Waals surface area contributed by atoms with Gasteiger partial charge < -0.3 is 15.5 Å². The van der Waals surface area contributed by atoms with Gasteiger partial charge in [0.15, 0.2) is 11.6 Å². The highest BCUT2D eigenvalue weighted by atomic mass is 16.2. The van der Waals surface area contributed by atoms with E-state index < -0.39 is 52.7 Å². The van der Waals surface area contributed by atoms with Crippen LogP contribution in [0.25, 0.3) is 0 Å². The zero-order valence-electron chi connectivity index (χ0n) is 33.0. The van der Waals surface area contributed by atoms with Gasteiger partial charge in [-0.3, -0.25) is 33.6 Å². The van der Waals surface area contributed by atoms with Crippen LogP contribution in [0, 0.1) is 35.0 Å². The van der Waals surface area contributed by atoms with Crippen LogP contribution in [0.15, 0.2) is 30.3 Å². The Hall–Kier alpha value is -3.69. The number of rotatable bonds is 18. The Morgan fingerprint density at radius 3 is 2.13 bits per heavy atom. The molecule has 3 aliphatic carbocycles. The van der Waals surface area contributed by atoms with Gasteiger partial charge in [-0.15, -0.1) is 0 Å². The molecule has 3 amide bonds. The van der Waals surface area contributed by atoms with Gasteiger partial charge in [-0.2, -0.15) is 0 Å². The number of carbonyl (C=O) groups excluding carboxylic acids is 7. The van der Waals surface area contributed by atoms with Gasteiger partial charge in [-0.1, -0.05) is 96.6 Å². The molecule has 1 aliphatic heterocycles. The minimum absolute atomic E-state index is 0.0677. The van der Waals surface area contributed by atoms with Gasteiger partial charge in [0.05, 0.1) is 6.04 Å². The van der Waals surface area contributed by atoms with Gasteiger partial charge in [0, 0.05) is 43.7 Å². The van der Waals surface area contributed by atoms with Crippen molar-refractivity contribution in [1.82, 2.24) is 15.5 Å². The quantitative estimate of drug-likeness (QED) is 0.164. The first-order chi connectivity index (χ1) is 25.8. The lowest BCUT2D eigenvalue weighted by Crippen LogP contribution is -2.60. The lowest BCUT2D eigenvalue weighted by atomic mass is 9.76. The fraction of sp³-hybridized carbons (Fsp3) is 0.705. The van der Waals surface area contributed by atoms with Crippen LogP contribution in [0.2, 0.25) is 0 Å². The van der Waals surface area contributed by atoms with Crippen LogP contribution in [0.3, 0.4) is 0 Å². The van der Waals surface area contributed by atoms with E-state index in [4.69, 9.17) is 0 Å². The standard InChI is InChI=1S/C44H63N3O7/c1-5-14-32(39(51)37(49)23-28-21-22-28)25-36(48)35-24-31-19-12-13-20-34(31)47(35)43(54)40(44(2,3)4)46-41(52)33(30-17-10-7-11-18-30)26-38(50)42(53)45-27-29-15-8-6-9-16-29/h6,8-9,15-16,28,30-35,40H,5,7,10-14,17-27H2,1-4H3,(H,45,53)(H,46,52)/t31-,32+,33-,34-,35-,40+/m0/s1. The smallest absolute Gasteiger partial charge is 0.287 e. The van der Waals surface area contributed by atoms with E-state index in [-0.39, 0.29) is 67.1 Å². The molecular weight excluding hydrogens is 682 g/mol. The minimum Gasteiger partial charge on any atom is -0.345 e. The molecule has 10 nitrogen and oxygen atoms in total. The Balaban J connectivity index is 1.34. The number of Topliss-reactive ketones (excluding diaryl/α,β-unsaturated/α-hetero) is 4. The van der Waals surface area contributed by atoms with Gasteiger partial charge in [0.2, 0.25) is 23.4 Å². The average Bonchev–Trinajstić information content (AvgIpc) is 3.89. The number of hydrogen-bond donors (Lipinski definition) is 2. The van der Waals surface area contributed by atoms with Crippen LogP contribution in [0.4, 0.5) is 0 Å². The van der Waals surface area contributed by atoms with Crippen molar-refractivity contribution in [3.63, 3.8) is 0 Å². The van der Waals surface area contributed by atoms with Crippen LogP contribution in [-0.4, -0.2) is 63.9 Å². The molecule has 0 radical (unpaired) electrons. The van der Waals surface area contributed by atoms with Crippen LogP contribution in [-0.2, 0) is 40.1 Å². The largest absolute Gasteiger partial charge is 0.345 e. The second kappa shape index (κ2) is 18.8. The molecule has 1 aromatic rings.